The maximum absolute atomic E-state index is 11.9. The molecule has 0 saturated carbocycles. The van der Waals surface area contributed by atoms with E-state index in [0.717, 1.165) is 12.1 Å². The second-order valence-electron chi connectivity index (χ2n) is 4.31. The zero-order valence-electron chi connectivity index (χ0n) is 11.1. The predicted molar refractivity (Wildman–Crippen MR) is 72.2 cm³/mol. The van der Waals surface area contributed by atoms with E-state index in [0.29, 0.717) is 17.8 Å². The third kappa shape index (κ3) is 3.57. The maximum Gasteiger partial charge on any atom is 0.228 e. The normalized spacial score (nSPS) is 11.7. The lowest BCUT2D eigenvalue weighted by Crippen LogP contribution is -2.30. The van der Waals surface area contributed by atoms with Crippen molar-refractivity contribution in [1.82, 2.24) is 5.32 Å². The van der Waals surface area contributed by atoms with Gasteiger partial charge < -0.3 is 10.6 Å². The van der Waals surface area contributed by atoms with Crippen LogP contribution in [-0.2, 0) is 4.79 Å². The molecule has 0 aliphatic rings. The molecule has 0 fully saturated rings. The molecule has 1 atom stereocenters. The molecule has 0 aliphatic carbocycles. The number of amides is 1. The molecule has 1 aromatic carbocycles. The van der Waals surface area contributed by atoms with Crippen LogP contribution in [-0.4, -0.2) is 19.0 Å². The summed E-state index contributed by atoms with van der Waals surface area (Å²) in [7, 11) is 0. The number of benzene rings is 1. The summed E-state index contributed by atoms with van der Waals surface area (Å²) in [5.74, 6) is -0.199. The summed E-state index contributed by atoms with van der Waals surface area (Å²) in [6.45, 7) is 7.19. The largest absolute Gasteiger partial charge is 0.325 e. The molecule has 0 heterocycles. The molecule has 0 saturated heterocycles. The molecule has 0 spiro atoms. The Balaban J connectivity index is 2.76. The first kappa shape index (κ1) is 14.2. The van der Waals surface area contributed by atoms with Gasteiger partial charge in [-0.15, -0.1) is 0 Å². The van der Waals surface area contributed by atoms with Gasteiger partial charge in [-0.1, -0.05) is 26.0 Å². The number of carbonyl (C=O) groups is 1. The fourth-order valence-electron chi connectivity index (χ4n) is 1.63. The Kier molecular flexibility index (Phi) is 5.34. The van der Waals surface area contributed by atoms with E-state index in [1.807, 2.05) is 32.9 Å². The summed E-state index contributed by atoms with van der Waals surface area (Å²) in [5.41, 5.74) is 1.99. The molecule has 0 radical (unpaired) electrons. The molecule has 0 bridgehead atoms. The van der Waals surface area contributed by atoms with Gasteiger partial charge in [0.15, 0.2) is 0 Å². The van der Waals surface area contributed by atoms with Crippen molar-refractivity contribution in [2.24, 2.45) is 5.92 Å². The summed E-state index contributed by atoms with van der Waals surface area (Å²) in [5, 5.41) is 15.0. The Morgan fingerprint density at radius 2 is 2.22 bits per heavy atom. The number of hydrogen-bond acceptors (Lipinski definition) is 3. The molecule has 1 unspecified atom stereocenters. The minimum Gasteiger partial charge on any atom is -0.325 e. The Bertz CT molecular complexity index is 463. The number of nitriles is 1. The molecule has 18 heavy (non-hydrogen) atoms. The predicted octanol–water partition coefficient (Wildman–Crippen LogP) is 2.05. The van der Waals surface area contributed by atoms with Crippen LogP contribution in [0.3, 0.4) is 0 Å². The zero-order valence-corrected chi connectivity index (χ0v) is 11.1. The first-order valence-electron chi connectivity index (χ1n) is 6.11. The molecule has 4 nitrogen and oxygen atoms in total. The highest BCUT2D eigenvalue weighted by Crippen LogP contribution is 2.18. The molecular weight excluding hydrogens is 226 g/mol. The first-order valence-corrected chi connectivity index (χ1v) is 6.11. The van der Waals surface area contributed by atoms with Crippen LogP contribution in [0.1, 0.15) is 25.0 Å². The maximum atomic E-state index is 11.9. The topological polar surface area (TPSA) is 64.9 Å². The van der Waals surface area contributed by atoms with Crippen LogP contribution in [0.2, 0.25) is 0 Å². The molecule has 1 aromatic rings. The average molecular weight is 245 g/mol. The summed E-state index contributed by atoms with van der Waals surface area (Å²) < 4.78 is 0. The van der Waals surface area contributed by atoms with Gasteiger partial charge in [-0.2, -0.15) is 5.26 Å². The summed E-state index contributed by atoms with van der Waals surface area (Å²) in [6.07, 6.45) is 0. The van der Waals surface area contributed by atoms with E-state index < -0.39 is 0 Å². The number of rotatable bonds is 5. The Hall–Kier alpha value is -1.86. The monoisotopic (exact) mass is 245 g/mol. The van der Waals surface area contributed by atoms with Crippen molar-refractivity contribution in [3.63, 3.8) is 0 Å². The van der Waals surface area contributed by atoms with Gasteiger partial charge in [0.1, 0.15) is 6.07 Å². The number of anilines is 1. The highest BCUT2D eigenvalue weighted by Gasteiger charge is 2.14. The van der Waals surface area contributed by atoms with Gasteiger partial charge in [0.2, 0.25) is 5.91 Å². The second-order valence-corrected chi connectivity index (χ2v) is 4.31. The van der Waals surface area contributed by atoms with Gasteiger partial charge in [0.05, 0.1) is 11.3 Å². The lowest BCUT2D eigenvalue weighted by molar-refractivity contribution is -0.119. The number of nitrogens with zero attached hydrogens (tertiary/aromatic N) is 1. The van der Waals surface area contributed by atoms with Crippen molar-refractivity contribution < 1.29 is 4.79 Å². The van der Waals surface area contributed by atoms with Crippen LogP contribution < -0.4 is 10.6 Å². The fraction of sp³-hybridized carbons (Fsp3) is 0.429. The minimum absolute atomic E-state index is 0.0713. The zero-order chi connectivity index (χ0) is 13.5. The average Bonchev–Trinajstić information content (AvgIpc) is 2.36. The lowest BCUT2D eigenvalue weighted by Gasteiger charge is -2.14. The Morgan fingerprint density at radius 3 is 2.83 bits per heavy atom. The molecule has 2 N–H and O–H groups in total. The van der Waals surface area contributed by atoms with Gasteiger partial charge in [0.25, 0.3) is 0 Å². The van der Waals surface area contributed by atoms with Crippen LogP contribution >= 0.6 is 0 Å². The molecule has 4 heteroatoms. The number of nitrogens with one attached hydrogen (secondary N) is 2. The molecule has 96 valence electrons. The van der Waals surface area contributed by atoms with E-state index in [9.17, 15) is 4.79 Å². The molecule has 1 amide bonds. The van der Waals surface area contributed by atoms with Crippen LogP contribution in [0.25, 0.3) is 0 Å². The van der Waals surface area contributed by atoms with Crippen molar-refractivity contribution in [3.8, 4) is 6.07 Å². The van der Waals surface area contributed by atoms with E-state index in [4.69, 9.17) is 5.26 Å². The highest BCUT2D eigenvalue weighted by atomic mass is 16.1. The van der Waals surface area contributed by atoms with E-state index in [1.165, 1.54) is 0 Å². The Labute approximate surface area is 108 Å². The number of aryl methyl sites for hydroxylation is 1. The molecular formula is C14H19N3O. The standard InChI is InChI=1S/C14H19N3O/c1-4-16-9-11(3)14(18)17-13-7-5-6-10(2)12(13)8-15/h5-7,11,16H,4,9H2,1-3H3,(H,17,18). The summed E-state index contributed by atoms with van der Waals surface area (Å²) in [4.78, 5) is 11.9. The third-order valence-electron chi connectivity index (χ3n) is 2.79. The van der Waals surface area contributed by atoms with Gasteiger partial charge in [0, 0.05) is 12.5 Å². The smallest absolute Gasteiger partial charge is 0.228 e. The van der Waals surface area contributed by atoms with Gasteiger partial charge in [-0.25, -0.2) is 0 Å². The van der Waals surface area contributed by atoms with Crippen molar-refractivity contribution in [2.75, 3.05) is 18.4 Å². The lowest BCUT2D eigenvalue weighted by atomic mass is 10.1. The third-order valence-corrected chi connectivity index (χ3v) is 2.79. The van der Waals surface area contributed by atoms with Crippen LogP contribution in [0.5, 0.6) is 0 Å². The SMILES string of the molecule is CCNCC(C)C(=O)Nc1cccc(C)c1C#N. The van der Waals surface area contributed by atoms with E-state index >= 15 is 0 Å². The summed E-state index contributed by atoms with van der Waals surface area (Å²) in [6, 6.07) is 7.57. The summed E-state index contributed by atoms with van der Waals surface area (Å²) >= 11 is 0. The molecule has 1 rings (SSSR count). The van der Waals surface area contributed by atoms with Gasteiger partial charge >= 0.3 is 0 Å². The van der Waals surface area contributed by atoms with Crippen molar-refractivity contribution in [3.05, 3.63) is 29.3 Å². The first-order chi connectivity index (χ1) is 8.60. The quantitative estimate of drug-likeness (QED) is 0.834. The van der Waals surface area contributed by atoms with Crippen LogP contribution in [0, 0.1) is 24.2 Å². The minimum atomic E-state index is -0.128. The number of carbonyl (C=O) groups excluding carboxylic acids is 1. The van der Waals surface area contributed by atoms with Gasteiger partial charge in [-0.3, -0.25) is 4.79 Å². The Morgan fingerprint density at radius 1 is 1.50 bits per heavy atom. The number of hydrogen-bond donors (Lipinski definition) is 2. The molecule has 0 aromatic heterocycles. The molecule has 0 aliphatic heterocycles. The highest BCUT2D eigenvalue weighted by molar-refractivity contribution is 5.93. The van der Waals surface area contributed by atoms with Gasteiger partial charge in [-0.05, 0) is 25.1 Å². The van der Waals surface area contributed by atoms with Crippen molar-refractivity contribution in [2.45, 2.75) is 20.8 Å². The van der Waals surface area contributed by atoms with Crippen molar-refractivity contribution >= 4 is 11.6 Å². The fourth-order valence-corrected chi connectivity index (χ4v) is 1.63. The second kappa shape index (κ2) is 6.77. The van der Waals surface area contributed by atoms with E-state index in [2.05, 4.69) is 16.7 Å². The van der Waals surface area contributed by atoms with Crippen molar-refractivity contribution in [1.29, 1.82) is 5.26 Å². The van der Waals surface area contributed by atoms with E-state index in [1.54, 1.807) is 6.07 Å². The van der Waals surface area contributed by atoms with E-state index in [-0.39, 0.29) is 11.8 Å². The van der Waals surface area contributed by atoms with Crippen LogP contribution in [0.4, 0.5) is 5.69 Å². The van der Waals surface area contributed by atoms with Crippen LogP contribution in [0.15, 0.2) is 18.2 Å².